The van der Waals surface area contributed by atoms with Crippen molar-refractivity contribution in [3.05, 3.63) is 52.6 Å². The van der Waals surface area contributed by atoms with Gasteiger partial charge in [0.15, 0.2) is 11.5 Å². The zero-order valence-electron chi connectivity index (χ0n) is 22.9. The maximum absolute atomic E-state index is 13.7. The summed E-state index contributed by atoms with van der Waals surface area (Å²) in [6.45, 7) is 1.21. The highest BCUT2D eigenvalue weighted by atomic mass is 35.5. The van der Waals surface area contributed by atoms with Crippen molar-refractivity contribution in [3.63, 3.8) is 0 Å². The monoisotopic (exact) mass is 664 g/mol. The van der Waals surface area contributed by atoms with E-state index in [2.05, 4.69) is 35.7 Å². The van der Waals surface area contributed by atoms with Crippen molar-refractivity contribution >= 4 is 34.8 Å². The van der Waals surface area contributed by atoms with E-state index in [0.29, 0.717) is 0 Å². The fourth-order valence-corrected chi connectivity index (χ4v) is 4.91. The van der Waals surface area contributed by atoms with Crippen LogP contribution in [0.5, 0.6) is 5.75 Å². The van der Waals surface area contributed by atoms with Crippen LogP contribution in [0.15, 0.2) is 30.7 Å². The number of phenols is 1. The molecule has 240 valence electrons. The maximum atomic E-state index is 13.7. The molecule has 0 aliphatic carbocycles. The Hall–Kier alpha value is -4.35. The number of alkyl halides is 8. The first kappa shape index (κ1) is 32.1. The molecule has 19 heteroatoms. The summed E-state index contributed by atoms with van der Waals surface area (Å²) >= 11 is 5.93. The number of hydrogen-bond acceptors (Lipinski definition) is 8. The average Bonchev–Trinajstić information content (AvgIpc) is 3.52. The number of amides is 1. The van der Waals surface area contributed by atoms with Crippen LogP contribution in [0.2, 0.25) is 5.02 Å². The summed E-state index contributed by atoms with van der Waals surface area (Å²) in [7, 11) is 0. The van der Waals surface area contributed by atoms with Gasteiger partial charge in [0.25, 0.3) is 0 Å². The van der Waals surface area contributed by atoms with Crippen molar-refractivity contribution in [1.29, 1.82) is 0 Å². The van der Waals surface area contributed by atoms with Crippen LogP contribution in [0.1, 0.15) is 43.0 Å². The summed E-state index contributed by atoms with van der Waals surface area (Å²) in [4.78, 5) is 30.2. The molecule has 0 saturated carbocycles. The lowest BCUT2D eigenvalue weighted by Crippen LogP contribution is -2.36. The third-order valence-electron chi connectivity index (χ3n) is 7.20. The van der Waals surface area contributed by atoms with E-state index in [4.69, 9.17) is 11.6 Å². The molecular formula is C26H21ClF8N8O2. The molecule has 0 bridgehead atoms. The molecular weight excluding hydrogens is 644 g/mol. The molecule has 0 radical (unpaired) electrons. The number of carbonyl (C=O) groups excluding carboxylic acids is 1. The van der Waals surface area contributed by atoms with E-state index in [1.54, 1.807) is 0 Å². The zero-order chi connectivity index (χ0) is 32.9. The van der Waals surface area contributed by atoms with Gasteiger partial charge in [0.2, 0.25) is 5.91 Å². The highest BCUT2D eigenvalue weighted by Crippen LogP contribution is 2.47. The van der Waals surface area contributed by atoms with Gasteiger partial charge in [-0.15, -0.1) is 0 Å². The fraction of sp³-hybridized carbons (Fsp3) is 0.385. The van der Waals surface area contributed by atoms with Crippen LogP contribution < -0.4 is 10.6 Å². The predicted molar refractivity (Wildman–Crippen MR) is 143 cm³/mol. The lowest BCUT2D eigenvalue weighted by atomic mass is 9.77. The Bertz CT molecular complexity index is 1780. The smallest absolute Gasteiger partial charge is 0.453 e. The standard InChI is InChI=1S/C26H21ClF8N8O2/c1-23(12-3-4-13(27)16(44)9-12)17-19(36-8-2-6-25(30,31)32)40-18(41-20(17)42-22(23)45)15-10-43-21(37-11-38-43)14(39-15)5-7-24(28,29)26(33,34)35/h3-4,9-11,44H,2,5-8H2,1H3,(H2,36,40,41,42,45)/t23-/m1/s1. The van der Waals surface area contributed by atoms with E-state index in [0.717, 1.165) is 10.8 Å². The number of benzene rings is 1. The lowest BCUT2D eigenvalue weighted by Gasteiger charge is -2.25. The van der Waals surface area contributed by atoms with Crippen molar-refractivity contribution in [2.75, 3.05) is 17.2 Å². The van der Waals surface area contributed by atoms with E-state index in [-0.39, 0.29) is 69.4 Å². The molecule has 1 aromatic carbocycles. The number of hydrogen-bond donors (Lipinski definition) is 3. The van der Waals surface area contributed by atoms with E-state index in [1.165, 1.54) is 31.3 Å². The molecule has 4 aromatic rings. The number of anilines is 2. The molecule has 0 fully saturated rings. The van der Waals surface area contributed by atoms with Gasteiger partial charge in [-0.05, 0) is 37.5 Å². The van der Waals surface area contributed by atoms with Gasteiger partial charge < -0.3 is 15.7 Å². The first-order chi connectivity index (χ1) is 20.9. The van der Waals surface area contributed by atoms with E-state index in [1.807, 2.05) is 0 Å². The van der Waals surface area contributed by atoms with Gasteiger partial charge in [0, 0.05) is 19.4 Å². The minimum absolute atomic E-state index is 0.00328. The summed E-state index contributed by atoms with van der Waals surface area (Å²) in [5, 5.41) is 19.5. The molecule has 45 heavy (non-hydrogen) atoms. The Kier molecular flexibility index (Phi) is 7.99. The summed E-state index contributed by atoms with van der Waals surface area (Å²) in [5.41, 5.74) is -1.80. The van der Waals surface area contributed by atoms with Crippen molar-refractivity contribution in [3.8, 4) is 17.3 Å². The predicted octanol–water partition coefficient (Wildman–Crippen LogP) is 6.08. The van der Waals surface area contributed by atoms with Gasteiger partial charge >= 0.3 is 18.3 Å². The number of aromatic nitrogens is 6. The summed E-state index contributed by atoms with van der Waals surface area (Å²) in [6.07, 6.45) is -12.0. The number of halogens is 9. The lowest BCUT2D eigenvalue weighted by molar-refractivity contribution is -0.284. The molecule has 1 atom stereocenters. The van der Waals surface area contributed by atoms with Crippen LogP contribution >= 0.6 is 11.6 Å². The highest BCUT2D eigenvalue weighted by molar-refractivity contribution is 6.32. The van der Waals surface area contributed by atoms with Gasteiger partial charge in [-0.3, -0.25) is 4.79 Å². The number of aryl methyl sites for hydroxylation is 1. The van der Waals surface area contributed by atoms with Gasteiger partial charge in [-0.1, -0.05) is 17.7 Å². The number of aromatic hydroxyl groups is 1. The van der Waals surface area contributed by atoms with Crippen molar-refractivity contribution < 1.29 is 45.0 Å². The average molecular weight is 665 g/mol. The van der Waals surface area contributed by atoms with Gasteiger partial charge in [0.1, 0.15) is 34.8 Å². The van der Waals surface area contributed by atoms with Crippen molar-refractivity contribution in [2.24, 2.45) is 0 Å². The fourth-order valence-electron chi connectivity index (χ4n) is 4.79. The number of nitrogens with one attached hydrogen (secondary N) is 2. The van der Waals surface area contributed by atoms with E-state index >= 15 is 0 Å². The normalized spacial score (nSPS) is 17.1. The van der Waals surface area contributed by atoms with Gasteiger partial charge in [0.05, 0.1) is 22.5 Å². The first-order valence-electron chi connectivity index (χ1n) is 13.1. The Morgan fingerprint density at radius 3 is 2.47 bits per heavy atom. The number of phenolic OH excluding ortho intramolecular Hbond substituents is 1. The molecule has 1 aliphatic rings. The second kappa shape index (κ2) is 11.2. The van der Waals surface area contributed by atoms with E-state index in [9.17, 15) is 45.0 Å². The first-order valence-corrected chi connectivity index (χ1v) is 13.5. The minimum Gasteiger partial charge on any atom is -0.506 e. The van der Waals surface area contributed by atoms with Gasteiger partial charge in [-0.2, -0.15) is 40.2 Å². The van der Waals surface area contributed by atoms with Crippen LogP contribution in [0.25, 0.3) is 17.2 Å². The molecule has 1 aliphatic heterocycles. The highest BCUT2D eigenvalue weighted by Gasteiger charge is 2.56. The molecule has 3 N–H and O–H groups in total. The zero-order valence-corrected chi connectivity index (χ0v) is 23.6. The Balaban J connectivity index is 1.60. The van der Waals surface area contributed by atoms with Crippen molar-refractivity contribution in [1.82, 2.24) is 29.5 Å². The number of rotatable bonds is 9. The Morgan fingerprint density at radius 2 is 1.80 bits per heavy atom. The summed E-state index contributed by atoms with van der Waals surface area (Å²) in [5.74, 6) is -6.47. The second-order valence-corrected chi connectivity index (χ2v) is 10.7. The third-order valence-corrected chi connectivity index (χ3v) is 7.52. The van der Waals surface area contributed by atoms with Crippen molar-refractivity contribution in [2.45, 2.75) is 56.3 Å². The summed E-state index contributed by atoms with van der Waals surface area (Å²) < 4.78 is 105. The SMILES string of the molecule is C[C@]1(c2ccc(Cl)c(O)c2)C(=O)Nc2nc(-c3cn4ncnc4c(CCC(F)(F)C(F)(F)F)n3)nc(NCCCC(F)(F)F)c21. The van der Waals surface area contributed by atoms with Crippen LogP contribution in [0.4, 0.5) is 46.8 Å². The quantitative estimate of drug-likeness (QED) is 0.145. The number of fused-ring (bicyclic) bond motifs is 2. The molecule has 10 nitrogen and oxygen atoms in total. The van der Waals surface area contributed by atoms with Gasteiger partial charge in [-0.25, -0.2) is 24.5 Å². The third kappa shape index (κ3) is 6.14. The summed E-state index contributed by atoms with van der Waals surface area (Å²) in [6, 6.07) is 4.04. The molecule has 1 amide bonds. The van der Waals surface area contributed by atoms with E-state index < -0.39 is 48.9 Å². The molecule has 0 spiro atoms. The topological polar surface area (TPSA) is 130 Å². The number of nitrogens with zero attached hydrogens (tertiary/aromatic N) is 6. The Labute approximate surface area is 252 Å². The minimum atomic E-state index is -5.80. The second-order valence-electron chi connectivity index (χ2n) is 10.3. The van der Waals surface area contributed by atoms with Crippen LogP contribution in [-0.2, 0) is 16.6 Å². The Morgan fingerprint density at radius 1 is 1.07 bits per heavy atom. The maximum Gasteiger partial charge on any atom is 0.453 e. The van der Waals surface area contributed by atoms with Crippen LogP contribution in [-0.4, -0.2) is 65.4 Å². The molecule has 0 unspecified atom stereocenters. The molecule has 4 heterocycles. The van der Waals surface area contributed by atoms with Crippen LogP contribution in [0.3, 0.4) is 0 Å². The van der Waals surface area contributed by atoms with Crippen LogP contribution in [0, 0.1) is 0 Å². The molecule has 0 saturated heterocycles. The number of carbonyl (C=O) groups is 1. The molecule has 5 rings (SSSR count). The largest absolute Gasteiger partial charge is 0.506 e. The molecule has 3 aromatic heterocycles.